The molecule has 3 heterocycles. The van der Waals surface area contributed by atoms with Gasteiger partial charge in [-0.15, -0.1) is 5.10 Å². The average Bonchev–Trinajstić information content (AvgIpc) is 3.22. The van der Waals surface area contributed by atoms with E-state index in [0.29, 0.717) is 30.2 Å². The number of aromatic nitrogens is 5. The molecule has 0 atom stereocenters. The zero-order valence-corrected chi connectivity index (χ0v) is 19.0. The Balaban J connectivity index is 1.73. The van der Waals surface area contributed by atoms with Crippen molar-refractivity contribution in [2.45, 2.75) is 53.6 Å². The number of carboxylic acids is 1. The van der Waals surface area contributed by atoms with Gasteiger partial charge in [-0.25, -0.2) is 4.98 Å². The van der Waals surface area contributed by atoms with Crippen LogP contribution in [0.15, 0.2) is 30.6 Å². The minimum Gasteiger partial charge on any atom is -0.481 e. The normalized spacial score (nSPS) is 11.6. The fourth-order valence-corrected chi connectivity index (χ4v) is 3.26. The van der Waals surface area contributed by atoms with Crippen molar-refractivity contribution in [2.24, 2.45) is 5.41 Å². The maximum Gasteiger partial charge on any atom is 0.336 e. The van der Waals surface area contributed by atoms with Gasteiger partial charge in [0.25, 0.3) is 0 Å². The van der Waals surface area contributed by atoms with Crippen LogP contribution in [0.25, 0.3) is 22.6 Å². The fourth-order valence-electron chi connectivity index (χ4n) is 3.26. The number of aryl methyl sites for hydroxylation is 1. The van der Waals surface area contributed by atoms with Crippen molar-refractivity contribution in [1.82, 2.24) is 25.1 Å². The highest BCUT2D eigenvalue weighted by atomic mass is 16.5. The molecule has 32 heavy (non-hydrogen) atoms. The summed E-state index contributed by atoms with van der Waals surface area (Å²) in [4.78, 5) is 24.8. The third-order valence-electron chi connectivity index (χ3n) is 5.51. The third-order valence-corrected chi connectivity index (χ3v) is 5.51. The van der Waals surface area contributed by atoms with Gasteiger partial charge in [-0.3, -0.25) is 14.9 Å². The molecule has 0 saturated carbocycles. The van der Waals surface area contributed by atoms with Crippen LogP contribution in [0.1, 0.15) is 46.1 Å². The van der Waals surface area contributed by atoms with E-state index in [1.165, 1.54) is 0 Å². The first-order valence-electron chi connectivity index (χ1n) is 10.7. The van der Waals surface area contributed by atoms with E-state index in [0.717, 1.165) is 16.7 Å². The first kappa shape index (κ1) is 23.2. The van der Waals surface area contributed by atoms with E-state index in [1.54, 1.807) is 12.4 Å². The van der Waals surface area contributed by atoms with Crippen molar-refractivity contribution in [1.29, 1.82) is 0 Å². The molecule has 2 N–H and O–H groups in total. The molecular weight excluding hydrogens is 410 g/mol. The van der Waals surface area contributed by atoms with E-state index < -0.39 is 11.4 Å². The summed E-state index contributed by atoms with van der Waals surface area (Å²) in [5.41, 5.74) is 2.49. The molecule has 3 aromatic rings. The number of ether oxygens (including phenoxy) is 2. The molecule has 0 aliphatic rings. The smallest absolute Gasteiger partial charge is 0.336 e. The van der Waals surface area contributed by atoms with Gasteiger partial charge in [-0.1, -0.05) is 19.9 Å². The van der Waals surface area contributed by atoms with Crippen LogP contribution in [0.5, 0.6) is 11.9 Å². The van der Waals surface area contributed by atoms with Gasteiger partial charge in [0, 0.05) is 29.6 Å². The second-order valence-corrected chi connectivity index (χ2v) is 7.98. The van der Waals surface area contributed by atoms with Crippen LogP contribution in [0.4, 0.5) is 0 Å². The zero-order chi connectivity index (χ0) is 23.3. The summed E-state index contributed by atoms with van der Waals surface area (Å²) >= 11 is 0. The molecule has 9 nitrogen and oxygen atoms in total. The van der Waals surface area contributed by atoms with E-state index >= 15 is 0 Å². The number of carbonyl (C=O) groups is 1. The van der Waals surface area contributed by atoms with E-state index in [1.807, 2.05) is 52.8 Å². The SMILES string of the molecule is CCC(CC)(COc1cc(C)c(-c2ccc(-c3nc(OC(C)C)n[nH]3)nc2)cn1)C(=O)O. The van der Waals surface area contributed by atoms with Crippen molar-refractivity contribution >= 4 is 5.97 Å². The van der Waals surface area contributed by atoms with Crippen molar-refractivity contribution in [2.75, 3.05) is 6.61 Å². The first-order valence-corrected chi connectivity index (χ1v) is 10.7. The van der Waals surface area contributed by atoms with Crippen LogP contribution < -0.4 is 9.47 Å². The molecular formula is C23H29N5O4. The number of nitrogens with zero attached hydrogens (tertiary/aromatic N) is 4. The van der Waals surface area contributed by atoms with Crippen molar-refractivity contribution in [3.8, 4) is 34.5 Å². The van der Waals surface area contributed by atoms with E-state index in [-0.39, 0.29) is 18.7 Å². The van der Waals surface area contributed by atoms with E-state index in [2.05, 4.69) is 25.1 Å². The Morgan fingerprint density at radius 1 is 1.19 bits per heavy atom. The lowest BCUT2D eigenvalue weighted by Crippen LogP contribution is -2.36. The summed E-state index contributed by atoms with van der Waals surface area (Å²) in [6.45, 7) is 9.56. The van der Waals surface area contributed by atoms with E-state index in [4.69, 9.17) is 9.47 Å². The van der Waals surface area contributed by atoms with Gasteiger partial charge in [0.15, 0.2) is 5.82 Å². The van der Waals surface area contributed by atoms with Gasteiger partial charge < -0.3 is 14.6 Å². The van der Waals surface area contributed by atoms with Gasteiger partial charge in [-0.2, -0.15) is 4.98 Å². The maximum absolute atomic E-state index is 11.7. The van der Waals surface area contributed by atoms with Crippen LogP contribution in [-0.2, 0) is 4.79 Å². The predicted octanol–water partition coefficient (Wildman–Crippen LogP) is 4.29. The van der Waals surface area contributed by atoms with Crippen LogP contribution >= 0.6 is 0 Å². The number of aromatic amines is 1. The Kier molecular flexibility index (Phi) is 7.07. The summed E-state index contributed by atoms with van der Waals surface area (Å²) in [5.74, 6) is 0.0823. The molecule has 0 fully saturated rings. The van der Waals surface area contributed by atoms with Crippen molar-refractivity contribution in [3.63, 3.8) is 0 Å². The van der Waals surface area contributed by atoms with Gasteiger partial charge in [0.05, 0.1) is 6.10 Å². The monoisotopic (exact) mass is 439 g/mol. The predicted molar refractivity (Wildman–Crippen MR) is 119 cm³/mol. The Morgan fingerprint density at radius 3 is 2.50 bits per heavy atom. The fraction of sp³-hybridized carbons (Fsp3) is 0.435. The topological polar surface area (TPSA) is 123 Å². The highest BCUT2D eigenvalue weighted by Crippen LogP contribution is 2.30. The lowest BCUT2D eigenvalue weighted by molar-refractivity contribution is -0.151. The Labute approximate surface area is 187 Å². The number of rotatable bonds is 10. The molecule has 0 spiro atoms. The molecule has 0 aromatic carbocycles. The second-order valence-electron chi connectivity index (χ2n) is 7.98. The quantitative estimate of drug-likeness (QED) is 0.479. The Hall–Kier alpha value is -3.49. The molecule has 0 aliphatic heterocycles. The molecule has 0 amide bonds. The number of hydrogen-bond donors (Lipinski definition) is 2. The van der Waals surface area contributed by atoms with Gasteiger partial charge >= 0.3 is 12.0 Å². The largest absolute Gasteiger partial charge is 0.481 e. The highest BCUT2D eigenvalue weighted by Gasteiger charge is 2.36. The molecule has 0 saturated heterocycles. The summed E-state index contributed by atoms with van der Waals surface area (Å²) < 4.78 is 11.2. The first-order chi connectivity index (χ1) is 15.3. The van der Waals surface area contributed by atoms with Gasteiger partial charge in [0.1, 0.15) is 17.7 Å². The summed E-state index contributed by atoms with van der Waals surface area (Å²) in [5, 5.41) is 16.4. The van der Waals surface area contributed by atoms with Crippen LogP contribution in [0, 0.1) is 12.3 Å². The van der Waals surface area contributed by atoms with Crippen molar-refractivity contribution < 1.29 is 19.4 Å². The molecule has 3 aromatic heterocycles. The molecule has 170 valence electrons. The van der Waals surface area contributed by atoms with Gasteiger partial charge in [0.2, 0.25) is 5.88 Å². The zero-order valence-electron chi connectivity index (χ0n) is 19.0. The lowest BCUT2D eigenvalue weighted by atomic mass is 9.83. The number of aliphatic carboxylic acids is 1. The highest BCUT2D eigenvalue weighted by molar-refractivity contribution is 5.74. The molecule has 3 rings (SSSR count). The van der Waals surface area contributed by atoms with Crippen LogP contribution in [0.3, 0.4) is 0 Å². The minimum absolute atomic E-state index is 0.0131. The molecule has 0 aliphatic carbocycles. The summed E-state index contributed by atoms with van der Waals surface area (Å²) in [6.07, 6.45) is 4.43. The molecule has 9 heteroatoms. The van der Waals surface area contributed by atoms with Crippen molar-refractivity contribution in [3.05, 3.63) is 36.2 Å². The Bertz CT molecular complexity index is 1060. The number of hydrogen-bond acceptors (Lipinski definition) is 7. The number of H-pyrrole nitrogens is 1. The molecule has 0 bridgehead atoms. The van der Waals surface area contributed by atoms with Crippen LogP contribution in [-0.4, -0.2) is 48.9 Å². The second kappa shape index (κ2) is 9.76. The third kappa shape index (κ3) is 5.04. The molecule has 0 unspecified atom stereocenters. The lowest BCUT2D eigenvalue weighted by Gasteiger charge is -2.26. The van der Waals surface area contributed by atoms with Crippen LogP contribution in [0.2, 0.25) is 0 Å². The van der Waals surface area contributed by atoms with E-state index in [9.17, 15) is 9.90 Å². The number of pyridine rings is 2. The van der Waals surface area contributed by atoms with Gasteiger partial charge in [-0.05, 0) is 45.2 Å². The number of nitrogens with one attached hydrogen (secondary N) is 1. The number of carboxylic acid groups (broad SMARTS) is 1. The standard InChI is InChI=1S/C23H29N5O4/c1-6-23(7-2,21(29)30)13-31-19-10-15(5)17(12-25-19)16-8-9-18(24-11-16)20-26-22(28-27-20)32-14(3)4/h8-12,14H,6-7,13H2,1-5H3,(H,29,30)(H,26,27,28). The minimum atomic E-state index is -0.908. The Morgan fingerprint density at radius 2 is 1.94 bits per heavy atom. The summed E-state index contributed by atoms with van der Waals surface area (Å²) in [6, 6.07) is 5.88. The molecule has 0 radical (unpaired) electrons. The maximum atomic E-state index is 11.7. The average molecular weight is 440 g/mol. The summed E-state index contributed by atoms with van der Waals surface area (Å²) in [7, 11) is 0.